The third-order valence-electron chi connectivity index (χ3n) is 4.71. The molecule has 4 rings (SSSR count). The first-order valence-corrected chi connectivity index (χ1v) is 10.3. The van der Waals surface area contributed by atoms with Gasteiger partial charge in [-0.2, -0.15) is 0 Å². The largest absolute Gasteiger partial charge is 0.328 e. The van der Waals surface area contributed by atoms with Crippen molar-refractivity contribution in [3.8, 4) is 0 Å². The van der Waals surface area contributed by atoms with Crippen LogP contribution in [0.15, 0.2) is 59.5 Å². The van der Waals surface area contributed by atoms with Gasteiger partial charge in [0.25, 0.3) is 0 Å². The third kappa shape index (κ3) is 4.26. The number of benzene rings is 2. The van der Waals surface area contributed by atoms with Crippen molar-refractivity contribution in [2.75, 3.05) is 5.32 Å². The van der Waals surface area contributed by atoms with E-state index in [1.165, 1.54) is 11.3 Å². The number of hydrogen-bond donors (Lipinski definition) is 1. The second kappa shape index (κ2) is 8.23. The molecule has 2 heterocycles. The van der Waals surface area contributed by atoms with Crippen LogP contribution < -0.4 is 11.0 Å². The number of aryl methyl sites for hydroxylation is 2. The van der Waals surface area contributed by atoms with Crippen LogP contribution in [-0.4, -0.2) is 20.0 Å². The number of amides is 1. The molecular weight excluding hydrogens is 408 g/mol. The zero-order valence-electron chi connectivity index (χ0n) is 15.8. The van der Waals surface area contributed by atoms with Gasteiger partial charge in [0.15, 0.2) is 5.13 Å². The first-order valence-electron chi connectivity index (χ1n) is 9.14. The molecule has 0 saturated carbocycles. The minimum Gasteiger partial charge on any atom is -0.302 e. The van der Waals surface area contributed by atoms with Gasteiger partial charge in [0.1, 0.15) is 0 Å². The zero-order valence-corrected chi connectivity index (χ0v) is 17.3. The minimum absolute atomic E-state index is 0.126. The number of anilines is 1. The Morgan fingerprint density at radius 1 is 1.14 bits per heavy atom. The predicted molar refractivity (Wildman–Crippen MR) is 117 cm³/mol. The van der Waals surface area contributed by atoms with Gasteiger partial charge in [-0.15, -0.1) is 11.3 Å². The van der Waals surface area contributed by atoms with Crippen LogP contribution in [0, 0.1) is 0 Å². The fourth-order valence-electron chi connectivity index (χ4n) is 3.22. The maximum Gasteiger partial charge on any atom is 0.328 e. The third-order valence-corrected chi connectivity index (χ3v) is 5.87. The van der Waals surface area contributed by atoms with Gasteiger partial charge in [0, 0.05) is 42.5 Å². The number of nitrogens with zero attached hydrogens (tertiary/aromatic N) is 3. The summed E-state index contributed by atoms with van der Waals surface area (Å²) in [4.78, 5) is 30.1. The number of rotatable bonds is 6. The molecule has 0 aliphatic carbocycles. The summed E-state index contributed by atoms with van der Waals surface area (Å²) in [6.45, 7) is 0.315. The fourth-order valence-corrected chi connectivity index (χ4v) is 4.21. The zero-order chi connectivity index (χ0) is 20.4. The van der Waals surface area contributed by atoms with Gasteiger partial charge in [-0.25, -0.2) is 9.78 Å². The first-order chi connectivity index (χ1) is 14.0. The number of aromatic nitrogens is 3. The standard InChI is InChI=1S/C21H19ClN4O2S/c1-25-17-4-2-3-5-18(17)26(21(25)28)11-10-19(27)24-20-23-13-16(29-20)12-14-6-8-15(22)9-7-14/h2-9,13H,10-12H2,1H3,(H,23,24,27). The molecule has 0 aliphatic rings. The van der Waals surface area contributed by atoms with Gasteiger partial charge in [-0.1, -0.05) is 35.9 Å². The molecule has 0 unspecified atom stereocenters. The van der Waals surface area contributed by atoms with E-state index in [1.807, 2.05) is 48.5 Å². The number of imidazole rings is 1. The van der Waals surface area contributed by atoms with Crippen molar-refractivity contribution in [2.45, 2.75) is 19.4 Å². The molecule has 1 amide bonds. The van der Waals surface area contributed by atoms with E-state index in [4.69, 9.17) is 11.6 Å². The highest BCUT2D eigenvalue weighted by atomic mass is 35.5. The summed E-state index contributed by atoms with van der Waals surface area (Å²) in [5.41, 5.74) is 2.68. The van der Waals surface area contributed by atoms with Crippen LogP contribution in [0.5, 0.6) is 0 Å². The smallest absolute Gasteiger partial charge is 0.302 e. The minimum atomic E-state index is -0.169. The molecule has 0 bridgehead atoms. The van der Waals surface area contributed by atoms with E-state index in [0.717, 1.165) is 27.9 Å². The van der Waals surface area contributed by atoms with Gasteiger partial charge in [-0.3, -0.25) is 13.9 Å². The first kappa shape index (κ1) is 19.4. The van der Waals surface area contributed by atoms with Crippen molar-refractivity contribution in [2.24, 2.45) is 7.05 Å². The van der Waals surface area contributed by atoms with E-state index < -0.39 is 0 Å². The lowest BCUT2D eigenvalue weighted by Crippen LogP contribution is -2.24. The number of hydrogen-bond acceptors (Lipinski definition) is 4. The van der Waals surface area contributed by atoms with E-state index in [0.29, 0.717) is 16.7 Å². The molecule has 29 heavy (non-hydrogen) atoms. The molecule has 4 aromatic rings. The second-order valence-electron chi connectivity index (χ2n) is 6.72. The van der Waals surface area contributed by atoms with E-state index in [1.54, 1.807) is 22.4 Å². The molecule has 0 spiro atoms. The number of carbonyl (C=O) groups excluding carboxylic acids is 1. The lowest BCUT2D eigenvalue weighted by atomic mass is 10.1. The molecule has 8 heteroatoms. The molecule has 148 valence electrons. The Kier molecular flexibility index (Phi) is 5.51. The van der Waals surface area contributed by atoms with E-state index in [2.05, 4.69) is 10.3 Å². The van der Waals surface area contributed by atoms with Gasteiger partial charge in [0.2, 0.25) is 5.91 Å². The van der Waals surface area contributed by atoms with Gasteiger partial charge < -0.3 is 5.32 Å². The number of para-hydroxylation sites is 2. The summed E-state index contributed by atoms with van der Waals surface area (Å²) in [5, 5.41) is 4.09. The van der Waals surface area contributed by atoms with Crippen LogP contribution in [0.1, 0.15) is 16.9 Å². The maximum absolute atomic E-state index is 12.4. The van der Waals surface area contributed by atoms with Crippen LogP contribution in [0.3, 0.4) is 0 Å². The summed E-state index contributed by atoms with van der Waals surface area (Å²) in [6.07, 6.45) is 2.69. The molecule has 2 aromatic carbocycles. The van der Waals surface area contributed by atoms with Gasteiger partial charge in [0.05, 0.1) is 11.0 Å². The number of nitrogens with one attached hydrogen (secondary N) is 1. The average molecular weight is 427 g/mol. The lowest BCUT2D eigenvalue weighted by molar-refractivity contribution is -0.116. The molecule has 0 radical (unpaired) electrons. The van der Waals surface area contributed by atoms with Crippen molar-refractivity contribution in [1.82, 2.24) is 14.1 Å². The van der Waals surface area contributed by atoms with Crippen LogP contribution in [0.4, 0.5) is 5.13 Å². The molecule has 0 aliphatic heterocycles. The quantitative estimate of drug-likeness (QED) is 0.505. The van der Waals surface area contributed by atoms with E-state index in [9.17, 15) is 9.59 Å². The Morgan fingerprint density at radius 2 is 1.86 bits per heavy atom. The molecular formula is C21H19ClN4O2S. The Labute approximate surface area is 176 Å². The van der Waals surface area contributed by atoms with Crippen molar-refractivity contribution in [1.29, 1.82) is 0 Å². The number of thiazole rings is 1. The Balaban J connectivity index is 1.38. The maximum atomic E-state index is 12.4. The SMILES string of the molecule is Cn1c(=O)n(CCC(=O)Nc2ncc(Cc3ccc(Cl)cc3)s2)c2ccccc21. The van der Waals surface area contributed by atoms with E-state index in [-0.39, 0.29) is 18.0 Å². The molecule has 1 N–H and O–H groups in total. The van der Waals surface area contributed by atoms with Crippen molar-refractivity contribution in [3.05, 3.63) is 80.7 Å². The van der Waals surface area contributed by atoms with Crippen molar-refractivity contribution < 1.29 is 4.79 Å². The van der Waals surface area contributed by atoms with Crippen LogP contribution in [0.25, 0.3) is 11.0 Å². The van der Waals surface area contributed by atoms with E-state index >= 15 is 0 Å². The highest BCUT2D eigenvalue weighted by Gasteiger charge is 2.12. The fraction of sp³-hybridized carbons (Fsp3) is 0.190. The summed E-state index contributed by atoms with van der Waals surface area (Å²) >= 11 is 7.36. The number of halogens is 1. The monoisotopic (exact) mass is 426 g/mol. The van der Waals surface area contributed by atoms with Crippen molar-refractivity contribution in [3.63, 3.8) is 0 Å². The lowest BCUT2D eigenvalue weighted by Gasteiger charge is -2.04. The van der Waals surface area contributed by atoms with Gasteiger partial charge in [-0.05, 0) is 29.8 Å². The molecule has 6 nitrogen and oxygen atoms in total. The Morgan fingerprint density at radius 3 is 2.62 bits per heavy atom. The molecule has 2 aromatic heterocycles. The average Bonchev–Trinajstić information content (AvgIpc) is 3.25. The van der Waals surface area contributed by atoms with Crippen LogP contribution in [-0.2, 0) is 24.8 Å². The highest BCUT2D eigenvalue weighted by molar-refractivity contribution is 7.15. The molecule has 0 fully saturated rings. The Bertz CT molecular complexity index is 1220. The summed E-state index contributed by atoms with van der Waals surface area (Å²) < 4.78 is 3.22. The Hall–Kier alpha value is -2.90. The van der Waals surface area contributed by atoms with Crippen molar-refractivity contribution >= 4 is 45.0 Å². The summed E-state index contributed by atoms with van der Waals surface area (Å²) in [7, 11) is 1.74. The summed E-state index contributed by atoms with van der Waals surface area (Å²) in [6, 6.07) is 15.2. The van der Waals surface area contributed by atoms with Crippen LogP contribution in [0.2, 0.25) is 5.02 Å². The molecule has 0 atom stereocenters. The second-order valence-corrected chi connectivity index (χ2v) is 8.27. The number of fused-ring (bicyclic) bond motifs is 1. The van der Waals surface area contributed by atoms with Crippen LogP contribution >= 0.6 is 22.9 Å². The highest BCUT2D eigenvalue weighted by Crippen LogP contribution is 2.22. The topological polar surface area (TPSA) is 68.9 Å². The predicted octanol–water partition coefficient (Wildman–Crippen LogP) is 4.07. The number of carbonyl (C=O) groups is 1. The molecule has 0 saturated heterocycles. The summed E-state index contributed by atoms with van der Waals surface area (Å²) in [5.74, 6) is -0.169. The normalized spacial score (nSPS) is 11.1. The van der Waals surface area contributed by atoms with Gasteiger partial charge >= 0.3 is 5.69 Å².